The van der Waals surface area contributed by atoms with Gasteiger partial charge < -0.3 is 4.74 Å². The molecule has 0 aliphatic rings. The van der Waals surface area contributed by atoms with E-state index < -0.39 is 10.0 Å². The van der Waals surface area contributed by atoms with E-state index in [1.807, 2.05) is 37.3 Å². The van der Waals surface area contributed by atoms with Gasteiger partial charge in [-0.05, 0) is 30.7 Å². The van der Waals surface area contributed by atoms with E-state index in [2.05, 4.69) is 0 Å². The number of hydrogen-bond acceptors (Lipinski definition) is 3. The molecule has 0 N–H and O–H groups in total. The molecule has 22 heavy (non-hydrogen) atoms. The van der Waals surface area contributed by atoms with Crippen molar-refractivity contribution in [3.63, 3.8) is 0 Å². The molecule has 0 fully saturated rings. The Labute approximate surface area is 132 Å². The van der Waals surface area contributed by atoms with Crippen molar-refractivity contribution in [3.8, 4) is 5.75 Å². The van der Waals surface area contributed by atoms with Crippen LogP contribution in [0.5, 0.6) is 5.75 Å². The number of nitrogens with zero attached hydrogens (tertiary/aromatic N) is 1. The van der Waals surface area contributed by atoms with Crippen LogP contribution < -0.4 is 9.04 Å². The number of methoxy groups -OCH3 is 1. The molecule has 118 valence electrons. The van der Waals surface area contributed by atoms with E-state index >= 15 is 0 Å². The molecule has 0 unspecified atom stereocenters. The summed E-state index contributed by atoms with van der Waals surface area (Å²) in [5, 5.41) is 0. The van der Waals surface area contributed by atoms with Gasteiger partial charge >= 0.3 is 0 Å². The van der Waals surface area contributed by atoms with Crippen molar-refractivity contribution < 1.29 is 13.2 Å². The third-order valence-electron chi connectivity index (χ3n) is 3.40. The van der Waals surface area contributed by atoms with E-state index in [-0.39, 0.29) is 4.90 Å². The summed E-state index contributed by atoms with van der Waals surface area (Å²) in [5.41, 5.74) is 0.668. The lowest BCUT2D eigenvalue weighted by Gasteiger charge is -2.25. The average molecular weight is 319 g/mol. The molecule has 0 atom stereocenters. The minimum absolute atomic E-state index is 0.192. The van der Waals surface area contributed by atoms with Gasteiger partial charge in [0.05, 0.1) is 12.8 Å². The average Bonchev–Trinajstić information content (AvgIpc) is 2.56. The number of anilines is 1. The van der Waals surface area contributed by atoms with Crippen LogP contribution in [0.2, 0.25) is 0 Å². The SMILES string of the molecule is CCCCN(c1ccccc1)S(=O)(=O)c1ccccc1OC. The largest absolute Gasteiger partial charge is 0.495 e. The standard InChI is InChI=1S/C17H21NO3S/c1-3-4-14-18(15-10-6-5-7-11-15)22(19,20)17-13-9-8-12-16(17)21-2/h5-13H,3-4,14H2,1-2H3. The van der Waals surface area contributed by atoms with Crippen LogP contribution in [0.3, 0.4) is 0 Å². The second-order valence-corrected chi connectivity index (χ2v) is 6.75. The molecule has 0 saturated heterocycles. The Morgan fingerprint density at radius 3 is 2.27 bits per heavy atom. The number of rotatable bonds is 7. The Bertz CT molecular complexity index is 699. The van der Waals surface area contributed by atoms with Crippen molar-refractivity contribution in [2.75, 3.05) is 18.0 Å². The fraction of sp³-hybridized carbons (Fsp3) is 0.294. The van der Waals surface area contributed by atoms with Crippen LogP contribution in [-0.4, -0.2) is 22.1 Å². The quantitative estimate of drug-likeness (QED) is 0.782. The summed E-state index contributed by atoms with van der Waals surface area (Å²) in [5.74, 6) is 0.361. The summed E-state index contributed by atoms with van der Waals surface area (Å²) >= 11 is 0. The zero-order valence-corrected chi connectivity index (χ0v) is 13.7. The first kappa shape index (κ1) is 16.4. The highest BCUT2D eigenvalue weighted by Gasteiger charge is 2.27. The summed E-state index contributed by atoms with van der Waals surface area (Å²) in [7, 11) is -2.18. The number of ether oxygens (including phenoxy) is 1. The molecule has 0 heterocycles. The van der Waals surface area contributed by atoms with E-state index in [4.69, 9.17) is 4.74 Å². The van der Waals surface area contributed by atoms with Crippen LogP contribution in [-0.2, 0) is 10.0 Å². The molecule has 0 aliphatic heterocycles. The monoisotopic (exact) mass is 319 g/mol. The highest BCUT2D eigenvalue weighted by Crippen LogP contribution is 2.29. The van der Waals surface area contributed by atoms with Crippen molar-refractivity contribution in [2.45, 2.75) is 24.7 Å². The van der Waals surface area contributed by atoms with Crippen molar-refractivity contribution >= 4 is 15.7 Å². The third-order valence-corrected chi connectivity index (χ3v) is 5.26. The van der Waals surface area contributed by atoms with Crippen molar-refractivity contribution in [3.05, 3.63) is 54.6 Å². The van der Waals surface area contributed by atoms with Gasteiger partial charge in [0.25, 0.3) is 10.0 Å². The van der Waals surface area contributed by atoms with Gasteiger partial charge in [0.15, 0.2) is 0 Å². The van der Waals surface area contributed by atoms with Crippen molar-refractivity contribution in [1.29, 1.82) is 0 Å². The Morgan fingerprint density at radius 2 is 1.64 bits per heavy atom. The van der Waals surface area contributed by atoms with Gasteiger partial charge in [-0.2, -0.15) is 0 Å². The third kappa shape index (κ3) is 3.42. The van der Waals surface area contributed by atoms with Gasteiger partial charge in [-0.25, -0.2) is 8.42 Å². The van der Waals surface area contributed by atoms with Crippen LogP contribution >= 0.6 is 0 Å². The van der Waals surface area contributed by atoms with Gasteiger partial charge in [-0.1, -0.05) is 43.7 Å². The van der Waals surface area contributed by atoms with E-state index in [0.29, 0.717) is 18.0 Å². The lowest BCUT2D eigenvalue weighted by molar-refractivity contribution is 0.402. The minimum Gasteiger partial charge on any atom is -0.495 e. The fourth-order valence-electron chi connectivity index (χ4n) is 2.23. The zero-order chi connectivity index (χ0) is 16.0. The smallest absolute Gasteiger partial charge is 0.268 e. The predicted molar refractivity (Wildman–Crippen MR) is 88.9 cm³/mol. The molecule has 4 nitrogen and oxygen atoms in total. The number of sulfonamides is 1. The molecular weight excluding hydrogens is 298 g/mol. The Balaban J connectivity index is 2.50. The number of para-hydroxylation sites is 2. The second-order valence-electron chi connectivity index (χ2n) is 4.92. The van der Waals surface area contributed by atoms with Gasteiger partial charge in [0, 0.05) is 6.54 Å². The second kappa shape index (κ2) is 7.31. The van der Waals surface area contributed by atoms with Crippen LogP contribution in [0.15, 0.2) is 59.5 Å². The number of unbranched alkanes of at least 4 members (excludes halogenated alkanes) is 1. The molecule has 0 spiro atoms. The number of benzene rings is 2. The molecule has 0 aromatic heterocycles. The molecule has 0 aliphatic carbocycles. The van der Waals surface area contributed by atoms with E-state index in [1.54, 1.807) is 24.3 Å². The van der Waals surface area contributed by atoms with Crippen LogP contribution in [0.1, 0.15) is 19.8 Å². The first-order valence-electron chi connectivity index (χ1n) is 7.32. The van der Waals surface area contributed by atoms with Crippen LogP contribution in [0.25, 0.3) is 0 Å². The zero-order valence-electron chi connectivity index (χ0n) is 12.9. The van der Waals surface area contributed by atoms with Gasteiger partial charge in [-0.3, -0.25) is 4.31 Å². The molecule has 0 radical (unpaired) electrons. The molecule has 5 heteroatoms. The van der Waals surface area contributed by atoms with Crippen molar-refractivity contribution in [2.24, 2.45) is 0 Å². The minimum atomic E-state index is -3.66. The lowest BCUT2D eigenvalue weighted by Crippen LogP contribution is -2.32. The molecular formula is C17H21NO3S. The summed E-state index contributed by atoms with van der Waals surface area (Å²) < 4.78 is 32.8. The molecule has 0 bridgehead atoms. The Kier molecular flexibility index (Phi) is 5.44. The maximum Gasteiger partial charge on any atom is 0.268 e. The number of hydrogen-bond donors (Lipinski definition) is 0. The van der Waals surface area contributed by atoms with Gasteiger partial charge in [0.2, 0.25) is 0 Å². The molecule has 2 aromatic carbocycles. The summed E-state index contributed by atoms with van der Waals surface area (Å²) in [6.07, 6.45) is 1.72. The first-order valence-corrected chi connectivity index (χ1v) is 8.76. The van der Waals surface area contributed by atoms with Gasteiger partial charge in [0.1, 0.15) is 10.6 Å². The highest BCUT2D eigenvalue weighted by atomic mass is 32.2. The molecule has 2 rings (SSSR count). The summed E-state index contributed by atoms with van der Waals surface area (Å²) in [6, 6.07) is 15.9. The van der Waals surface area contributed by atoms with Crippen LogP contribution in [0, 0.1) is 0 Å². The van der Waals surface area contributed by atoms with Gasteiger partial charge in [-0.15, -0.1) is 0 Å². The van der Waals surface area contributed by atoms with Crippen LogP contribution in [0.4, 0.5) is 5.69 Å². The molecule has 2 aromatic rings. The lowest BCUT2D eigenvalue weighted by atomic mass is 10.3. The van der Waals surface area contributed by atoms with E-state index in [0.717, 1.165) is 12.8 Å². The summed E-state index contributed by atoms with van der Waals surface area (Å²) in [6.45, 7) is 2.49. The summed E-state index contributed by atoms with van der Waals surface area (Å²) in [4.78, 5) is 0.192. The molecule has 0 saturated carbocycles. The highest BCUT2D eigenvalue weighted by molar-refractivity contribution is 7.93. The normalized spacial score (nSPS) is 11.2. The maximum absolute atomic E-state index is 13.1. The first-order chi connectivity index (χ1) is 10.6. The molecule has 0 amide bonds. The van der Waals surface area contributed by atoms with Crippen molar-refractivity contribution in [1.82, 2.24) is 0 Å². The Morgan fingerprint density at radius 1 is 1.00 bits per heavy atom. The van der Waals surface area contributed by atoms with E-state index in [1.165, 1.54) is 11.4 Å². The maximum atomic E-state index is 13.1. The Hall–Kier alpha value is -2.01. The predicted octanol–water partition coefficient (Wildman–Crippen LogP) is 3.69. The topological polar surface area (TPSA) is 46.6 Å². The fourth-order valence-corrected chi connectivity index (χ4v) is 3.90. The van der Waals surface area contributed by atoms with E-state index in [9.17, 15) is 8.42 Å².